The van der Waals surface area contributed by atoms with E-state index in [9.17, 15) is 0 Å². The molecular formula is CBr3ClS. The van der Waals surface area contributed by atoms with Crippen molar-refractivity contribution in [2.75, 3.05) is 0 Å². The lowest BCUT2D eigenvalue weighted by Gasteiger charge is -2.01. The van der Waals surface area contributed by atoms with E-state index in [1.165, 1.54) is 0 Å². The average Bonchev–Trinajstić information content (AvgIpc) is 1.35. The highest BCUT2D eigenvalue weighted by molar-refractivity contribution is 9.43. The molecular weight excluding hydrogens is 319 g/mol. The molecule has 0 aliphatic carbocycles. The van der Waals surface area contributed by atoms with Crippen LogP contribution in [0.15, 0.2) is 0 Å². The van der Waals surface area contributed by atoms with Crippen LogP contribution in [0, 0.1) is 0 Å². The average molecular weight is 319 g/mol. The molecule has 5 heteroatoms. The third-order valence-electron chi connectivity index (χ3n) is 0.0875. The quantitative estimate of drug-likeness (QED) is 0.614. The molecule has 0 aliphatic rings. The van der Waals surface area contributed by atoms with Crippen LogP contribution in [0.5, 0.6) is 0 Å². The van der Waals surface area contributed by atoms with Gasteiger partial charge in [0.1, 0.15) is 0 Å². The highest BCUT2D eigenvalue weighted by Crippen LogP contribution is 2.46. The van der Waals surface area contributed by atoms with Gasteiger partial charge in [0, 0.05) is 0 Å². The normalized spacial score (nSPS) is 12.0. The van der Waals surface area contributed by atoms with E-state index >= 15 is 0 Å². The highest BCUT2D eigenvalue weighted by atomic mass is 80.0. The Labute approximate surface area is 70.3 Å². The predicted molar refractivity (Wildman–Crippen MR) is 43.0 cm³/mol. The van der Waals surface area contributed by atoms with Crippen LogP contribution in [-0.2, 0) is 0 Å². The summed E-state index contributed by atoms with van der Waals surface area (Å²) in [6.45, 7) is 0. The first-order valence-electron chi connectivity index (χ1n) is 0.925. The summed E-state index contributed by atoms with van der Waals surface area (Å²) in [5.74, 6) is 0. The van der Waals surface area contributed by atoms with Crippen molar-refractivity contribution in [1.29, 1.82) is 0 Å². The van der Waals surface area contributed by atoms with Crippen molar-refractivity contribution in [2.45, 2.75) is 1.47 Å². The molecule has 0 radical (unpaired) electrons. The Kier molecular flexibility index (Phi) is 4.27. The van der Waals surface area contributed by atoms with Crippen molar-refractivity contribution in [2.24, 2.45) is 0 Å². The minimum Gasteiger partial charge on any atom is -0.0465 e. The molecule has 0 aromatic carbocycles. The van der Waals surface area contributed by atoms with Gasteiger partial charge in [-0.2, -0.15) is 0 Å². The van der Waals surface area contributed by atoms with Crippen molar-refractivity contribution in [3.8, 4) is 0 Å². The van der Waals surface area contributed by atoms with Crippen molar-refractivity contribution in [3.05, 3.63) is 0 Å². The molecule has 0 bridgehead atoms. The Morgan fingerprint density at radius 3 is 1.50 bits per heavy atom. The van der Waals surface area contributed by atoms with Crippen molar-refractivity contribution in [3.63, 3.8) is 0 Å². The summed E-state index contributed by atoms with van der Waals surface area (Å²) < 4.78 is -0.339. The molecule has 0 fully saturated rings. The van der Waals surface area contributed by atoms with Crippen molar-refractivity contribution in [1.82, 2.24) is 0 Å². The summed E-state index contributed by atoms with van der Waals surface area (Å²) >= 11 is 9.43. The zero-order valence-corrected chi connectivity index (χ0v) is 8.75. The summed E-state index contributed by atoms with van der Waals surface area (Å²) in [6.07, 6.45) is 0. The zero-order chi connectivity index (χ0) is 5.21. The van der Waals surface area contributed by atoms with Gasteiger partial charge >= 0.3 is 0 Å². The second-order valence-corrected chi connectivity index (χ2v) is 10.1. The van der Waals surface area contributed by atoms with Gasteiger partial charge in [0.15, 0.2) is 1.47 Å². The second-order valence-electron chi connectivity index (χ2n) is 0.523. The first-order valence-corrected chi connectivity index (χ1v) is 4.95. The molecule has 0 nitrogen and oxygen atoms in total. The van der Waals surface area contributed by atoms with Crippen LogP contribution < -0.4 is 0 Å². The zero-order valence-electron chi connectivity index (χ0n) is 2.42. The summed E-state index contributed by atoms with van der Waals surface area (Å²) in [5, 5.41) is 0. The first kappa shape index (κ1) is 8.08. The van der Waals surface area contributed by atoms with Gasteiger partial charge in [0.25, 0.3) is 0 Å². The fourth-order valence-electron chi connectivity index (χ4n) is 0. The molecule has 0 saturated heterocycles. The number of halogens is 4. The first-order chi connectivity index (χ1) is 2.56. The van der Waals surface area contributed by atoms with Crippen LogP contribution in [0.3, 0.4) is 0 Å². The molecule has 0 atom stereocenters. The SMILES string of the molecule is ClSC(Br)(Br)Br. The monoisotopic (exact) mass is 316 g/mol. The maximum atomic E-state index is 5.25. The molecule has 0 spiro atoms. The van der Waals surface area contributed by atoms with E-state index in [2.05, 4.69) is 47.8 Å². The highest BCUT2D eigenvalue weighted by Gasteiger charge is 2.15. The van der Waals surface area contributed by atoms with Gasteiger partial charge in [-0.25, -0.2) is 0 Å². The topological polar surface area (TPSA) is 0 Å². The number of hydrogen-bond donors (Lipinski definition) is 0. The molecule has 0 N–H and O–H groups in total. The van der Waals surface area contributed by atoms with E-state index in [0.29, 0.717) is 0 Å². The van der Waals surface area contributed by atoms with Crippen LogP contribution in [-0.4, -0.2) is 1.47 Å². The third kappa shape index (κ3) is 6.08. The standard InChI is InChI=1S/CBr3ClS/c2-1(3,4)6-5. The van der Waals surface area contributed by atoms with Crippen LogP contribution >= 0.6 is 69.4 Å². The lowest BCUT2D eigenvalue weighted by molar-refractivity contribution is 2.10. The Bertz CT molecular complexity index is 40.5. The van der Waals surface area contributed by atoms with Gasteiger partial charge in [0.2, 0.25) is 0 Å². The maximum absolute atomic E-state index is 5.25. The van der Waals surface area contributed by atoms with E-state index < -0.39 is 0 Å². The number of hydrogen-bond acceptors (Lipinski definition) is 1. The molecule has 0 saturated carbocycles. The predicted octanol–water partition coefficient (Wildman–Crippen LogP) is 3.67. The summed E-state index contributed by atoms with van der Waals surface area (Å²) in [7, 11) is 6.36. The third-order valence-corrected chi connectivity index (χ3v) is 4.09. The van der Waals surface area contributed by atoms with Crippen LogP contribution in [0.2, 0.25) is 0 Å². The molecule has 0 unspecified atom stereocenters. The van der Waals surface area contributed by atoms with E-state index in [1.54, 1.807) is 0 Å². The lowest BCUT2D eigenvalue weighted by atomic mass is 11.9. The van der Waals surface area contributed by atoms with Gasteiger partial charge in [-0.05, 0) is 69.4 Å². The Hall–Kier alpha value is 2.08. The van der Waals surface area contributed by atoms with Gasteiger partial charge in [-0.3, -0.25) is 0 Å². The van der Waals surface area contributed by atoms with Crippen LogP contribution in [0.25, 0.3) is 0 Å². The Balaban J connectivity index is 3.17. The van der Waals surface area contributed by atoms with Crippen LogP contribution in [0.4, 0.5) is 0 Å². The molecule has 0 rings (SSSR count). The van der Waals surface area contributed by atoms with Crippen LogP contribution in [0.1, 0.15) is 0 Å². The number of alkyl halides is 3. The number of rotatable bonds is 0. The van der Waals surface area contributed by atoms with Gasteiger partial charge in [-0.15, -0.1) is 0 Å². The molecule has 0 aromatic heterocycles. The fourth-order valence-corrected chi connectivity index (χ4v) is 0. The van der Waals surface area contributed by atoms with E-state index in [-0.39, 0.29) is 1.47 Å². The molecule has 0 amide bonds. The van der Waals surface area contributed by atoms with Crippen molar-refractivity contribution < 1.29 is 0 Å². The van der Waals surface area contributed by atoms with E-state index in [0.717, 1.165) is 11.0 Å². The van der Waals surface area contributed by atoms with Gasteiger partial charge in [0.05, 0.1) is 0 Å². The largest absolute Gasteiger partial charge is 0.194 e. The molecule has 38 valence electrons. The minimum atomic E-state index is -0.339. The molecule has 0 aromatic rings. The summed E-state index contributed by atoms with van der Waals surface area (Å²) in [5.41, 5.74) is 0. The summed E-state index contributed by atoms with van der Waals surface area (Å²) in [6, 6.07) is 0. The molecule has 6 heavy (non-hydrogen) atoms. The van der Waals surface area contributed by atoms with E-state index in [1.807, 2.05) is 0 Å². The second kappa shape index (κ2) is 3.17. The fraction of sp³-hybridized carbons (Fsp3) is 1.00. The molecule has 0 aliphatic heterocycles. The van der Waals surface area contributed by atoms with Gasteiger partial charge in [-0.1, -0.05) is 0 Å². The van der Waals surface area contributed by atoms with E-state index in [4.69, 9.17) is 10.7 Å². The Morgan fingerprint density at radius 1 is 1.33 bits per heavy atom. The Morgan fingerprint density at radius 2 is 1.50 bits per heavy atom. The van der Waals surface area contributed by atoms with Gasteiger partial charge < -0.3 is 0 Å². The maximum Gasteiger partial charge on any atom is 0.194 e. The summed E-state index contributed by atoms with van der Waals surface area (Å²) in [4.78, 5) is 0. The van der Waals surface area contributed by atoms with Crippen molar-refractivity contribution >= 4 is 69.4 Å². The smallest absolute Gasteiger partial charge is 0.0465 e. The molecule has 0 heterocycles. The lowest BCUT2D eigenvalue weighted by Crippen LogP contribution is -1.82. The minimum absolute atomic E-state index is 0.339.